The van der Waals surface area contributed by atoms with Gasteiger partial charge in [-0.15, -0.1) is 12.4 Å². The molecule has 1 saturated heterocycles. The molecule has 0 spiro atoms. The molecule has 0 amide bonds. The maximum absolute atomic E-state index is 5.39. The lowest BCUT2D eigenvalue weighted by Crippen LogP contribution is -2.37. The maximum Gasteiger partial charge on any atom is 0.226 e. The molecule has 8 nitrogen and oxygen atoms in total. The summed E-state index contributed by atoms with van der Waals surface area (Å²) >= 11 is 0. The second-order valence-corrected chi connectivity index (χ2v) is 6.63. The van der Waals surface area contributed by atoms with Gasteiger partial charge in [0.15, 0.2) is 5.65 Å². The molecule has 2 aromatic heterocycles. The van der Waals surface area contributed by atoms with E-state index in [4.69, 9.17) is 4.74 Å². The number of aromatic nitrogens is 4. The van der Waals surface area contributed by atoms with Crippen LogP contribution in [0.25, 0.3) is 11.0 Å². The Labute approximate surface area is 170 Å². The van der Waals surface area contributed by atoms with Gasteiger partial charge in [0.2, 0.25) is 5.95 Å². The number of benzene rings is 1. The minimum absolute atomic E-state index is 0. The highest BCUT2D eigenvalue weighted by molar-refractivity contribution is 5.89. The molecule has 0 radical (unpaired) electrons. The molecule has 3 aromatic rings. The Bertz CT molecular complexity index is 881. The third-order valence-corrected chi connectivity index (χ3v) is 4.67. The first kappa shape index (κ1) is 20.3. The third kappa shape index (κ3) is 4.89. The van der Waals surface area contributed by atoms with Gasteiger partial charge in [0.1, 0.15) is 5.82 Å². The number of para-hydroxylation sites is 1. The Kier molecular flexibility index (Phi) is 7.02. The highest BCUT2D eigenvalue weighted by atomic mass is 35.5. The topological polar surface area (TPSA) is 80.1 Å². The lowest BCUT2D eigenvalue weighted by atomic mass is 10.3. The molecule has 3 heterocycles. The summed E-state index contributed by atoms with van der Waals surface area (Å²) in [7, 11) is 1.89. The van der Waals surface area contributed by atoms with Gasteiger partial charge >= 0.3 is 0 Å². The number of hydrogen-bond acceptors (Lipinski definition) is 7. The van der Waals surface area contributed by atoms with Crippen molar-refractivity contribution in [2.45, 2.75) is 6.42 Å². The molecule has 0 unspecified atom stereocenters. The van der Waals surface area contributed by atoms with Crippen molar-refractivity contribution >= 4 is 40.9 Å². The van der Waals surface area contributed by atoms with Crippen LogP contribution >= 0.6 is 12.4 Å². The standard InChI is InChI=1S/C19H25N7O.ClH/c1-25-18-16(14-21-25)17(22-15-6-3-2-4-7-15)23-19(24-18)20-8-5-9-26-10-12-27-13-11-26;/h2-4,6-7,14H,5,8-13H2,1H3,(H2,20,22,23,24);1H. The van der Waals surface area contributed by atoms with Crippen molar-refractivity contribution in [2.24, 2.45) is 7.05 Å². The first-order valence-electron chi connectivity index (χ1n) is 9.35. The summed E-state index contributed by atoms with van der Waals surface area (Å²) < 4.78 is 7.16. The van der Waals surface area contributed by atoms with Crippen LogP contribution in [0, 0.1) is 0 Å². The van der Waals surface area contributed by atoms with Gasteiger partial charge < -0.3 is 15.4 Å². The number of anilines is 3. The quantitative estimate of drug-likeness (QED) is 0.587. The van der Waals surface area contributed by atoms with E-state index in [1.165, 1.54) is 0 Å². The first-order chi connectivity index (χ1) is 13.3. The van der Waals surface area contributed by atoms with Gasteiger partial charge in [-0.25, -0.2) is 0 Å². The van der Waals surface area contributed by atoms with Gasteiger partial charge in [-0.2, -0.15) is 15.1 Å². The van der Waals surface area contributed by atoms with Crippen molar-refractivity contribution in [3.05, 3.63) is 36.5 Å². The first-order valence-corrected chi connectivity index (χ1v) is 9.35. The number of morpholine rings is 1. The maximum atomic E-state index is 5.39. The fourth-order valence-corrected chi connectivity index (χ4v) is 3.18. The molecule has 150 valence electrons. The fourth-order valence-electron chi connectivity index (χ4n) is 3.18. The molecular formula is C19H26ClN7O. The van der Waals surface area contributed by atoms with Gasteiger partial charge in [-0.1, -0.05) is 18.2 Å². The summed E-state index contributed by atoms with van der Waals surface area (Å²) in [5, 5.41) is 12.0. The van der Waals surface area contributed by atoms with Gasteiger partial charge in [-0.3, -0.25) is 9.58 Å². The predicted molar refractivity (Wildman–Crippen MR) is 114 cm³/mol. The zero-order valence-corrected chi connectivity index (χ0v) is 16.8. The number of nitrogens with zero attached hydrogens (tertiary/aromatic N) is 5. The molecule has 1 aliphatic rings. The fraction of sp³-hybridized carbons (Fsp3) is 0.421. The van der Waals surface area contributed by atoms with Crippen molar-refractivity contribution in [2.75, 3.05) is 50.0 Å². The lowest BCUT2D eigenvalue weighted by Gasteiger charge is -2.26. The Morgan fingerprint density at radius 2 is 1.89 bits per heavy atom. The highest BCUT2D eigenvalue weighted by Gasteiger charge is 2.13. The van der Waals surface area contributed by atoms with Gasteiger partial charge in [0.05, 0.1) is 24.8 Å². The highest BCUT2D eigenvalue weighted by Crippen LogP contribution is 2.24. The molecule has 0 atom stereocenters. The number of fused-ring (bicyclic) bond motifs is 1. The van der Waals surface area contributed by atoms with E-state index in [1.807, 2.05) is 37.4 Å². The minimum Gasteiger partial charge on any atom is -0.379 e. The number of aryl methyl sites for hydroxylation is 1. The van der Waals surface area contributed by atoms with Crippen LogP contribution in [-0.4, -0.2) is 64.0 Å². The minimum atomic E-state index is 0. The summed E-state index contributed by atoms with van der Waals surface area (Å²) in [6, 6.07) is 10.0. The average Bonchev–Trinajstić information content (AvgIpc) is 3.08. The number of halogens is 1. The number of rotatable bonds is 7. The van der Waals surface area contributed by atoms with E-state index in [0.717, 1.165) is 68.4 Å². The number of nitrogens with one attached hydrogen (secondary N) is 2. The summed E-state index contributed by atoms with van der Waals surface area (Å²) in [5.74, 6) is 1.38. The molecule has 0 aliphatic carbocycles. The second kappa shape index (κ2) is 9.68. The van der Waals surface area contributed by atoms with Crippen LogP contribution in [0.1, 0.15) is 6.42 Å². The van der Waals surface area contributed by atoms with Crippen LogP contribution in [0.2, 0.25) is 0 Å². The van der Waals surface area contributed by atoms with Crippen LogP contribution < -0.4 is 10.6 Å². The Hall–Kier alpha value is -2.42. The zero-order valence-electron chi connectivity index (χ0n) is 16.0. The van der Waals surface area contributed by atoms with E-state index in [2.05, 4.69) is 30.6 Å². The Morgan fingerprint density at radius 1 is 1.11 bits per heavy atom. The molecular weight excluding hydrogens is 378 g/mol. The van der Waals surface area contributed by atoms with Gasteiger partial charge in [-0.05, 0) is 25.1 Å². The summed E-state index contributed by atoms with van der Waals surface area (Å²) in [5.41, 5.74) is 1.79. The summed E-state index contributed by atoms with van der Waals surface area (Å²) in [6.07, 6.45) is 2.83. The zero-order chi connectivity index (χ0) is 18.5. The van der Waals surface area contributed by atoms with Crippen molar-refractivity contribution in [1.29, 1.82) is 0 Å². The summed E-state index contributed by atoms with van der Waals surface area (Å²) in [6.45, 7) is 5.58. The molecule has 1 aliphatic heterocycles. The van der Waals surface area contributed by atoms with E-state index in [1.54, 1.807) is 10.9 Å². The van der Waals surface area contributed by atoms with Crippen molar-refractivity contribution in [1.82, 2.24) is 24.6 Å². The molecule has 0 saturated carbocycles. The Balaban J connectivity index is 0.00000225. The van der Waals surface area contributed by atoms with Crippen LogP contribution in [0.4, 0.5) is 17.5 Å². The van der Waals surface area contributed by atoms with Crippen molar-refractivity contribution in [3.63, 3.8) is 0 Å². The van der Waals surface area contributed by atoms with Crippen LogP contribution in [0.5, 0.6) is 0 Å². The second-order valence-electron chi connectivity index (χ2n) is 6.63. The molecule has 2 N–H and O–H groups in total. The van der Waals surface area contributed by atoms with E-state index in [-0.39, 0.29) is 12.4 Å². The third-order valence-electron chi connectivity index (χ3n) is 4.67. The molecule has 28 heavy (non-hydrogen) atoms. The summed E-state index contributed by atoms with van der Waals surface area (Å²) in [4.78, 5) is 11.7. The molecule has 1 fully saturated rings. The SMILES string of the molecule is Cl.Cn1ncc2c(Nc3ccccc3)nc(NCCCN3CCOCC3)nc21. The van der Waals surface area contributed by atoms with E-state index in [0.29, 0.717) is 5.95 Å². The lowest BCUT2D eigenvalue weighted by molar-refractivity contribution is 0.0378. The molecule has 0 bridgehead atoms. The molecule has 4 rings (SSSR count). The van der Waals surface area contributed by atoms with Crippen molar-refractivity contribution in [3.8, 4) is 0 Å². The van der Waals surface area contributed by atoms with E-state index in [9.17, 15) is 0 Å². The van der Waals surface area contributed by atoms with Crippen LogP contribution in [0.3, 0.4) is 0 Å². The van der Waals surface area contributed by atoms with Crippen LogP contribution in [0.15, 0.2) is 36.5 Å². The van der Waals surface area contributed by atoms with Crippen molar-refractivity contribution < 1.29 is 4.74 Å². The van der Waals surface area contributed by atoms with Crippen LogP contribution in [-0.2, 0) is 11.8 Å². The predicted octanol–water partition coefficient (Wildman–Crippen LogP) is 2.66. The van der Waals surface area contributed by atoms with E-state index < -0.39 is 0 Å². The Morgan fingerprint density at radius 3 is 2.68 bits per heavy atom. The normalized spacial score (nSPS) is 14.6. The average molecular weight is 404 g/mol. The van der Waals surface area contributed by atoms with Gasteiger partial charge in [0, 0.05) is 32.4 Å². The largest absolute Gasteiger partial charge is 0.379 e. The monoisotopic (exact) mass is 403 g/mol. The van der Waals surface area contributed by atoms with Gasteiger partial charge in [0.25, 0.3) is 0 Å². The molecule has 1 aromatic carbocycles. The number of ether oxygens (including phenoxy) is 1. The van der Waals surface area contributed by atoms with E-state index >= 15 is 0 Å². The molecule has 9 heteroatoms. The number of hydrogen-bond donors (Lipinski definition) is 2. The smallest absolute Gasteiger partial charge is 0.226 e.